The largest absolute Gasteiger partial charge is 0.388 e. The van der Waals surface area contributed by atoms with Crippen LogP contribution in [0.25, 0.3) is 0 Å². The predicted octanol–water partition coefficient (Wildman–Crippen LogP) is 4.10. The van der Waals surface area contributed by atoms with E-state index in [1.54, 1.807) is 0 Å². The summed E-state index contributed by atoms with van der Waals surface area (Å²) in [5.41, 5.74) is 2.34. The molecule has 0 heterocycles. The zero-order chi connectivity index (χ0) is 12.4. The smallest absolute Gasteiger partial charge is 0.0818 e. The van der Waals surface area contributed by atoms with Gasteiger partial charge in [0.05, 0.1) is 6.10 Å². The predicted molar refractivity (Wildman–Crippen MR) is 71.8 cm³/mol. The van der Waals surface area contributed by atoms with E-state index in [1.165, 1.54) is 24.8 Å². The van der Waals surface area contributed by atoms with Crippen LogP contribution in [0.15, 0.2) is 24.3 Å². The monoisotopic (exact) mass is 232 g/mol. The fourth-order valence-electron chi connectivity index (χ4n) is 3.30. The second-order valence-corrected chi connectivity index (χ2v) is 6.03. The lowest BCUT2D eigenvalue weighted by Gasteiger charge is -2.34. The minimum Gasteiger partial charge on any atom is -0.388 e. The fourth-order valence-corrected chi connectivity index (χ4v) is 3.30. The van der Waals surface area contributed by atoms with Gasteiger partial charge in [-0.3, -0.25) is 0 Å². The summed E-state index contributed by atoms with van der Waals surface area (Å²) in [6.45, 7) is 6.70. The van der Waals surface area contributed by atoms with Gasteiger partial charge in [0.15, 0.2) is 0 Å². The Balaban J connectivity index is 2.08. The molecule has 0 aliphatic heterocycles. The molecule has 3 atom stereocenters. The Kier molecular flexibility index (Phi) is 3.88. The number of hydrogen-bond donors (Lipinski definition) is 1. The minimum atomic E-state index is -0.277. The van der Waals surface area contributed by atoms with Gasteiger partial charge < -0.3 is 5.11 Å². The Labute approximate surface area is 105 Å². The highest BCUT2D eigenvalue weighted by molar-refractivity contribution is 5.23. The third-order valence-electron chi connectivity index (χ3n) is 4.08. The topological polar surface area (TPSA) is 20.2 Å². The van der Waals surface area contributed by atoms with Gasteiger partial charge in [-0.1, -0.05) is 43.7 Å². The molecule has 1 aliphatic carbocycles. The molecular weight excluding hydrogens is 208 g/mol. The lowest BCUT2D eigenvalue weighted by Crippen LogP contribution is -2.24. The summed E-state index contributed by atoms with van der Waals surface area (Å²) in [5, 5.41) is 10.5. The Morgan fingerprint density at radius 1 is 1.00 bits per heavy atom. The molecule has 1 N–H and O–H groups in total. The standard InChI is InChI=1S/C16H24O/c1-11-4-6-14(7-5-11)16(17)15-9-12(2)8-13(3)10-15/h4-7,12-13,15-17H,8-10H2,1-3H3. The zero-order valence-electron chi connectivity index (χ0n) is 11.2. The molecular formula is C16H24O. The van der Waals surface area contributed by atoms with E-state index >= 15 is 0 Å². The fraction of sp³-hybridized carbons (Fsp3) is 0.625. The first-order chi connectivity index (χ1) is 8.06. The lowest BCUT2D eigenvalue weighted by molar-refractivity contribution is 0.0552. The van der Waals surface area contributed by atoms with Crippen LogP contribution in [0.2, 0.25) is 0 Å². The van der Waals surface area contributed by atoms with E-state index in [0.717, 1.165) is 17.4 Å². The molecule has 0 aromatic heterocycles. The summed E-state index contributed by atoms with van der Waals surface area (Å²) in [4.78, 5) is 0. The zero-order valence-corrected chi connectivity index (χ0v) is 11.2. The molecule has 1 nitrogen and oxygen atoms in total. The molecule has 3 unspecified atom stereocenters. The number of benzene rings is 1. The van der Waals surface area contributed by atoms with Crippen molar-refractivity contribution >= 4 is 0 Å². The molecule has 17 heavy (non-hydrogen) atoms. The second-order valence-electron chi connectivity index (χ2n) is 6.03. The van der Waals surface area contributed by atoms with E-state index in [1.807, 2.05) is 0 Å². The van der Waals surface area contributed by atoms with Crippen LogP contribution in [0.1, 0.15) is 50.3 Å². The Bertz CT molecular complexity index is 344. The highest BCUT2D eigenvalue weighted by Crippen LogP contribution is 2.39. The second kappa shape index (κ2) is 5.22. The third kappa shape index (κ3) is 3.10. The van der Waals surface area contributed by atoms with Crippen LogP contribution >= 0.6 is 0 Å². The van der Waals surface area contributed by atoms with Crippen molar-refractivity contribution < 1.29 is 5.11 Å². The van der Waals surface area contributed by atoms with E-state index in [4.69, 9.17) is 0 Å². The quantitative estimate of drug-likeness (QED) is 0.814. The molecule has 0 amide bonds. The van der Waals surface area contributed by atoms with Crippen LogP contribution in [-0.2, 0) is 0 Å². The van der Waals surface area contributed by atoms with E-state index in [9.17, 15) is 5.11 Å². The van der Waals surface area contributed by atoms with Crippen LogP contribution in [0.5, 0.6) is 0 Å². The van der Waals surface area contributed by atoms with Crippen molar-refractivity contribution in [2.45, 2.75) is 46.1 Å². The highest BCUT2D eigenvalue weighted by Gasteiger charge is 2.29. The van der Waals surface area contributed by atoms with E-state index in [2.05, 4.69) is 45.0 Å². The molecule has 2 rings (SSSR count). The molecule has 94 valence electrons. The van der Waals surface area contributed by atoms with Crippen LogP contribution in [-0.4, -0.2) is 5.11 Å². The van der Waals surface area contributed by atoms with Gasteiger partial charge >= 0.3 is 0 Å². The first kappa shape index (κ1) is 12.6. The molecule has 0 saturated heterocycles. The van der Waals surface area contributed by atoms with Gasteiger partial charge in [0.2, 0.25) is 0 Å². The van der Waals surface area contributed by atoms with Crippen LogP contribution in [0.3, 0.4) is 0 Å². The van der Waals surface area contributed by atoms with Gasteiger partial charge in [-0.05, 0) is 49.5 Å². The van der Waals surface area contributed by atoms with Crippen molar-refractivity contribution in [2.75, 3.05) is 0 Å². The summed E-state index contributed by atoms with van der Waals surface area (Å²) >= 11 is 0. The lowest BCUT2D eigenvalue weighted by atomic mass is 9.73. The Morgan fingerprint density at radius 2 is 1.53 bits per heavy atom. The van der Waals surface area contributed by atoms with Gasteiger partial charge in [-0.2, -0.15) is 0 Å². The normalized spacial score (nSPS) is 31.2. The summed E-state index contributed by atoms with van der Waals surface area (Å²) < 4.78 is 0. The molecule has 1 aliphatic rings. The first-order valence-electron chi connectivity index (χ1n) is 6.81. The number of rotatable bonds is 2. The summed E-state index contributed by atoms with van der Waals surface area (Å²) in [7, 11) is 0. The molecule has 0 spiro atoms. The average Bonchev–Trinajstić information content (AvgIpc) is 2.28. The molecule has 1 heteroatoms. The first-order valence-corrected chi connectivity index (χ1v) is 6.81. The van der Waals surface area contributed by atoms with Crippen molar-refractivity contribution in [1.29, 1.82) is 0 Å². The highest BCUT2D eigenvalue weighted by atomic mass is 16.3. The van der Waals surface area contributed by atoms with Crippen molar-refractivity contribution in [3.63, 3.8) is 0 Å². The maximum absolute atomic E-state index is 10.5. The summed E-state index contributed by atoms with van der Waals surface area (Å²) in [5.74, 6) is 1.95. The number of aliphatic hydroxyl groups excluding tert-OH is 1. The van der Waals surface area contributed by atoms with E-state index in [-0.39, 0.29) is 6.10 Å². The van der Waals surface area contributed by atoms with Gasteiger partial charge in [0.25, 0.3) is 0 Å². The van der Waals surface area contributed by atoms with Crippen LogP contribution in [0.4, 0.5) is 0 Å². The maximum atomic E-state index is 10.5. The van der Waals surface area contributed by atoms with Crippen LogP contribution < -0.4 is 0 Å². The van der Waals surface area contributed by atoms with E-state index < -0.39 is 0 Å². The van der Waals surface area contributed by atoms with Crippen molar-refractivity contribution in [3.8, 4) is 0 Å². The number of hydrogen-bond acceptors (Lipinski definition) is 1. The minimum absolute atomic E-state index is 0.277. The SMILES string of the molecule is Cc1ccc(C(O)C2CC(C)CC(C)C2)cc1. The van der Waals surface area contributed by atoms with Gasteiger partial charge in [-0.15, -0.1) is 0 Å². The van der Waals surface area contributed by atoms with E-state index in [0.29, 0.717) is 5.92 Å². The average molecular weight is 232 g/mol. The molecule has 0 radical (unpaired) electrons. The summed E-state index contributed by atoms with van der Waals surface area (Å²) in [6.07, 6.45) is 3.37. The molecule has 1 saturated carbocycles. The van der Waals surface area contributed by atoms with Gasteiger partial charge in [0, 0.05) is 0 Å². The van der Waals surface area contributed by atoms with Crippen molar-refractivity contribution in [3.05, 3.63) is 35.4 Å². The Hall–Kier alpha value is -0.820. The van der Waals surface area contributed by atoms with Crippen LogP contribution in [0, 0.1) is 24.7 Å². The van der Waals surface area contributed by atoms with Gasteiger partial charge in [0.1, 0.15) is 0 Å². The number of aliphatic hydroxyl groups is 1. The Morgan fingerprint density at radius 3 is 2.06 bits per heavy atom. The molecule has 1 aromatic carbocycles. The van der Waals surface area contributed by atoms with Crippen molar-refractivity contribution in [2.24, 2.45) is 17.8 Å². The molecule has 0 bridgehead atoms. The maximum Gasteiger partial charge on any atom is 0.0818 e. The van der Waals surface area contributed by atoms with Gasteiger partial charge in [-0.25, -0.2) is 0 Å². The third-order valence-corrected chi connectivity index (χ3v) is 4.08. The summed E-state index contributed by atoms with van der Waals surface area (Å²) in [6, 6.07) is 8.33. The van der Waals surface area contributed by atoms with Crippen molar-refractivity contribution in [1.82, 2.24) is 0 Å². The molecule has 1 aromatic rings. The number of aryl methyl sites for hydroxylation is 1. The molecule has 1 fully saturated rings.